The van der Waals surface area contributed by atoms with Gasteiger partial charge in [-0.3, -0.25) is 9.98 Å². The molecule has 7 aromatic carbocycles. The molecule has 5 heteroatoms. The number of amidine groups is 2. The topological polar surface area (TPSA) is 53.5 Å². The fraction of sp³-hybridized carbons (Fsp3) is 0. The van der Waals surface area contributed by atoms with Crippen LogP contribution in [-0.4, -0.2) is 22.6 Å². The van der Waals surface area contributed by atoms with Gasteiger partial charge < -0.3 is 0 Å². The summed E-state index contributed by atoms with van der Waals surface area (Å²) in [4.78, 5) is 9.66. The van der Waals surface area contributed by atoms with Gasteiger partial charge >= 0.3 is 0 Å². The van der Waals surface area contributed by atoms with Gasteiger partial charge in [-0.2, -0.15) is 0 Å². The Morgan fingerprint density at radius 3 is 2.00 bits per heavy atom. The maximum atomic E-state index is 8.73. The van der Waals surface area contributed by atoms with Crippen molar-refractivity contribution in [1.82, 2.24) is 4.57 Å². The molecular formula is C45H30N4S. The van der Waals surface area contributed by atoms with Gasteiger partial charge in [0.25, 0.3) is 0 Å². The van der Waals surface area contributed by atoms with Crippen molar-refractivity contribution in [3.8, 4) is 22.3 Å². The number of para-hydroxylation sites is 1. The first kappa shape index (κ1) is 29.7. The summed E-state index contributed by atoms with van der Waals surface area (Å²) in [5, 5.41) is 13.6. The number of thiophene rings is 1. The highest BCUT2D eigenvalue weighted by atomic mass is 32.1. The van der Waals surface area contributed by atoms with Crippen LogP contribution in [0.15, 0.2) is 180 Å². The molecule has 0 unspecified atom stereocenters. The number of benzene rings is 7. The predicted molar refractivity (Wildman–Crippen MR) is 213 cm³/mol. The van der Waals surface area contributed by atoms with Crippen molar-refractivity contribution in [3.63, 3.8) is 0 Å². The molecule has 0 bridgehead atoms. The normalized spacial score (nSPS) is 12.1. The van der Waals surface area contributed by atoms with Gasteiger partial charge in [0, 0.05) is 42.1 Å². The molecule has 0 atom stereocenters. The van der Waals surface area contributed by atoms with Crippen molar-refractivity contribution in [2.24, 2.45) is 9.98 Å². The van der Waals surface area contributed by atoms with Gasteiger partial charge in [0.15, 0.2) is 11.7 Å². The Morgan fingerprint density at radius 2 is 1.16 bits per heavy atom. The molecule has 0 aliphatic carbocycles. The van der Waals surface area contributed by atoms with E-state index in [-0.39, 0.29) is 5.84 Å². The van der Waals surface area contributed by atoms with Gasteiger partial charge in [0.05, 0.1) is 11.0 Å². The van der Waals surface area contributed by atoms with E-state index in [0.29, 0.717) is 5.84 Å². The highest BCUT2D eigenvalue weighted by Gasteiger charge is 2.14. The average molecular weight is 659 g/mol. The Kier molecular flexibility index (Phi) is 7.45. The standard InChI is InChI=1S/C45H30N4S/c46-44(30-13-3-1-4-14-30)48-45(31-15-5-2-6-16-31)47-29-49-40-23-9-7-19-36(40)37-26-25-33(28-41(37)49)32-17-11-18-34(27-32)35-21-12-22-39-38-20-8-10-24-42(38)50-43(35)39/h1-29,46H/b46-44?,47-29+,48-45-. The van der Waals surface area contributed by atoms with E-state index in [2.05, 4.69) is 114 Å². The SMILES string of the molecule is N=C(/N=C(\N=C\n1c2ccccc2c2ccc(-c3cccc(-c4cccc5c4sc4ccccc45)c3)cc21)c1ccccc1)c1ccccc1. The van der Waals surface area contributed by atoms with Crippen molar-refractivity contribution >= 4 is 71.3 Å². The van der Waals surface area contributed by atoms with Crippen LogP contribution in [0.4, 0.5) is 0 Å². The maximum absolute atomic E-state index is 8.73. The molecule has 2 heterocycles. The third-order valence-corrected chi connectivity index (χ3v) is 10.4. The molecule has 0 aliphatic heterocycles. The molecule has 0 spiro atoms. The van der Waals surface area contributed by atoms with Gasteiger partial charge in [0.1, 0.15) is 6.34 Å². The van der Waals surface area contributed by atoms with Crippen molar-refractivity contribution in [2.45, 2.75) is 0 Å². The van der Waals surface area contributed by atoms with E-state index in [9.17, 15) is 0 Å². The zero-order valence-electron chi connectivity index (χ0n) is 27.0. The molecule has 9 rings (SSSR count). The van der Waals surface area contributed by atoms with E-state index in [1.165, 1.54) is 31.3 Å². The summed E-state index contributed by atoms with van der Waals surface area (Å²) < 4.78 is 4.76. The molecule has 9 aromatic rings. The fourth-order valence-electron chi connectivity index (χ4n) is 6.78. The van der Waals surface area contributed by atoms with E-state index >= 15 is 0 Å². The molecule has 4 nitrogen and oxygen atoms in total. The summed E-state index contributed by atoms with van der Waals surface area (Å²) in [6.45, 7) is 0. The zero-order chi connectivity index (χ0) is 33.4. The molecule has 0 saturated heterocycles. The van der Waals surface area contributed by atoms with Crippen molar-refractivity contribution in [1.29, 1.82) is 5.41 Å². The Balaban J connectivity index is 1.16. The molecule has 236 valence electrons. The largest absolute Gasteiger partial charge is 0.300 e. The van der Waals surface area contributed by atoms with Crippen LogP contribution >= 0.6 is 11.3 Å². The summed E-state index contributed by atoms with van der Waals surface area (Å²) in [7, 11) is 0. The van der Waals surface area contributed by atoms with E-state index in [1.54, 1.807) is 0 Å². The maximum Gasteiger partial charge on any atom is 0.163 e. The van der Waals surface area contributed by atoms with Crippen LogP contribution < -0.4 is 0 Å². The van der Waals surface area contributed by atoms with Gasteiger partial charge in [-0.05, 0) is 46.5 Å². The van der Waals surface area contributed by atoms with Crippen LogP contribution in [0.25, 0.3) is 64.2 Å². The van der Waals surface area contributed by atoms with Crippen molar-refractivity contribution in [3.05, 3.63) is 181 Å². The van der Waals surface area contributed by atoms with E-state index in [0.717, 1.165) is 44.1 Å². The summed E-state index contributed by atoms with van der Waals surface area (Å²) in [5.41, 5.74) is 8.42. The van der Waals surface area contributed by atoms with Crippen LogP contribution in [0.1, 0.15) is 11.1 Å². The molecular weight excluding hydrogens is 629 g/mol. The summed E-state index contributed by atoms with van der Waals surface area (Å²) in [6.07, 6.45) is 1.84. The lowest BCUT2D eigenvalue weighted by Crippen LogP contribution is -2.06. The van der Waals surface area contributed by atoms with Crippen LogP contribution in [0.5, 0.6) is 0 Å². The van der Waals surface area contributed by atoms with E-state index in [4.69, 9.17) is 15.4 Å². The number of nitrogens with zero attached hydrogens (tertiary/aromatic N) is 3. The quantitative estimate of drug-likeness (QED) is 0.141. The lowest BCUT2D eigenvalue weighted by Gasteiger charge is -2.09. The minimum Gasteiger partial charge on any atom is -0.300 e. The Labute approximate surface area is 293 Å². The first-order chi connectivity index (χ1) is 24.7. The first-order valence-corrected chi connectivity index (χ1v) is 17.4. The average Bonchev–Trinajstić information content (AvgIpc) is 3.72. The number of rotatable bonds is 5. The first-order valence-electron chi connectivity index (χ1n) is 16.6. The molecule has 0 amide bonds. The number of nitrogens with one attached hydrogen (secondary N) is 1. The van der Waals surface area contributed by atoms with Crippen LogP contribution in [0.3, 0.4) is 0 Å². The predicted octanol–water partition coefficient (Wildman–Crippen LogP) is 11.8. The van der Waals surface area contributed by atoms with Gasteiger partial charge in [-0.1, -0.05) is 146 Å². The third-order valence-electron chi connectivity index (χ3n) is 9.21. The molecule has 50 heavy (non-hydrogen) atoms. The summed E-state index contributed by atoms with van der Waals surface area (Å²) in [6, 6.07) is 58.7. The summed E-state index contributed by atoms with van der Waals surface area (Å²) in [5.74, 6) is 0.641. The van der Waals surface area contributed by atoms with Gasteiger partial charge in [-0.25, -0.2) is 9.98 Å². The van der Waals surface area contributed by atoms with Crippen LogP contribution in [-0.2, 0) is 0 Å². The monoisotopic (exact) mass is 658 g/mol. The van der Waals surface area contributed by atoms with Gasteiger partial charge in [0.2, 0.25) is 0 Å². The smallest absolute Gasteiger partial charge is 0.163 e. The molecule has 0 saturated carbocycles. The fourth-order valence-corrected chi connectivity index (χ4v) is 8.02. The van der Waals surface area contributed by atoms with Crippen molar-refractivity contribution in [2.75, 3.05) is 0 Å². The number of aromatic nitrogens is 1. The molecule has 0 radical (unpaired) electrons. The van der Waals surface area contributed by atoms with E-state index < -0.39 is 0 Å². The third kappa shape index (κ3) is 5.30. The molecule has 0 fully saturated rings. The van der Waals surface area contributed by atoms with Gasteiger partial charge in [-0.15, -0.1) is 11.3 Å². The number of aliphatic imine (C=N–C) groups is 2. The molecule has 0 aliphatic rings. The Bertz CT molecular complexity index is 2770. The highest BCUT2D eigenvalue weighted by Crippen LogP contribution is 2.41. The Hall–Kier alpha value is -6.43. The van der Waals surface area contributed by atoms with Crippen LogP contribution in [0.2, 0.25) is 0 Å². The second-order valence-corrected chi connectivity index (χ2v) is 13.3. The second-order valence-electron chi connectivity index (χ2n) is 12.2. The minimum absolute atomic E-state index is 0.164. The van der Waals surface area contributed by atoms with Crippen LogP contribution in [0, 0.1) is 5.41 Å². The summed E-state index contributed by atoms with van der Waals surface area (Å²) >= 11 is 1.86. The lowest BCUT2D eigenvalue weighted by atomic mass is 9.97. The van der Waals surface area contributed by atoms with Crippen molar-refractivity contribution < 1.29 is 0 Å². The molecule has 1 N–H and O–H groups in total. The minimum atomic E-state index is 0.164. The number of hydrogen-bond donors (Lipinski definition) is 1. The number of hydrogen-bond acceptors (Lipinski definition) is 2. The second kappa shape index (κ2) is 12.5. The highest BCUT2D eigenvalue weighted by molar-refractivity contribution is 7.26. The van der Waals surface area contributed by atoms with E-state index in [1.807, 2.05) is 78.3 Å². The zero-order valence-corrected chi connectivity index (χ0v) is 27.8. The Morgan fingerprint density at radius 1 is 0.520 bits per heavy atom. The lowest BCUT2D eigenvalue weighted by molar-refractivity contribution is 1.31. The number of fused-ring (bicyclic) bond motifs is 6. The molecule has 2 aromatic heterocycles.